The molecule has 2 nitrogen and oxygen atoms in total. The third kappa shape index (κ3) is 2.20. The van der Waals surface area contributed by atoms with Crippen molar-refractivity contribution >= 4 is 0 Å². The summed E-state index contributed by atoms with van der Waals surface area (Å²) in [7, 11) is 0. The van der Waals surface area contributed by atoms with Crippen molar-refractivity contribution in [3.63, 3.8) is 0 Å². The number of nitrogens with zero attached hydrogens (tertiary/aromatic N) is 1. The number of alkyl halides is 1. The lowest BCUT2D eigenvalue weighted by molar-refractivity contribution is 0.122. The molecule has 1 saturated carbocycles. The zero-order valence-corrected chi connectivity index (χ0v) is 8.17. The molecule has 0 bridgehead atoms. The fraction of sp³-hybridized carbons (Fsp3) is 1.00. The van der Waals surface area contributed by atoms with Gasteiger partial charge in [-0.2, -0.15) is 0 Å². The molecule has 2 unspecified atom stereocenters. The molecule has 1 N–H and O–H groups in total. The van der Waals surface area contributed by atoms with Crippen LogP contribution in [0.25, 0.3) is 0 Å². The highest BCUT2D eigenvalue weighted by molar-refractivity contribution is 4.98. The van der Waals surface area contributed by atoms with E-state index >= 15 is 0 Å². The average molecular weight is 187 g/mol. The molecule has 1 aliphatic heterocycles. The van der Waals surface area contributed by atoms with E-state index in [-0.39, 0.29) is 6.10 Å². The molecule has 0 radical (unpaired) electrons. The molecule has 1 aliphatic carbocycles. The van der Waals surface area contributed by atoms with Gasteiger partial charge in [0.25, 0.3) is 0 Å². The van der Waals surface area contributed by atoms with E-state index in [2.05, 4.69) is 4.90 Å². The van der Waals surface area contributed by atoms with Gasteiger partial charge in [0, 0.05) is 13.1 Å². The van der Waals surface area contributed by atoms with Gasteiger partial charge in [-0.15, -0.1) is 0 Å². The molecule has 76 valence electrons. The Kier molecular flexibility index (Phi) is 2.32. The number of hydrogen-bond acceptors (Lipinski definition) is 2. The van der Waals surface area contributed by atoms with E-state index in [9.17, 15) is 9.50 Å². The molecule has 2 atom stereocenters. The van der Waals surface area contributed by atoms with Crippen LogP contribution >= 0.6 is 0 Å². The van der Waals surface area contributed by atoms with Crippen molar-refractivity contribution in [3.05, 3.63) is 0 Å². The van der Waals surface area contributed by atoms with Crippen LogP contribution in [0.1, 0.15) is 26.2 Å². The van der Waals surface area contributed by atoms with Crippen molar-refractivity contribution in [2.75, 3.05) is 19.6 Å². The summed E-state index contributed by atoms with van der Waals surface area (Å²) < 4.78 is 13.4. The Labute approximate surface area is 78.7 Å². The normalized spacial score (nSPS) is 34.8. The molecule has 0 aromatic carbocycles. The zero-order chi connectivity index (χ0) is 9.47. The predicted molar refractivity (Wildman–Crippen MR) is 49.3 cm³/mol. The van der Waals surface area contributed by atoms with Crippen LogP contribution in [-0.2, 0) is 0 Å². The highest BCUT2D eigenvalue weighted by Gasteiger charge is 2.45. The first kappa shape index (κ1) is 9.41. The number of likely N-dealkylation sites (tertiary alicyclic amines) is 1. The van der Waals surface area contributed by atoms with Gasteiger partial charge in [-0.05, 0) is 38.6 Å². The maximum Gasteiger partial charge on any atom is 0.123 e. The Morgan fingerprint density at radius 3 is 2.77 bits per heavy atom. The molecular weight excluding hydrogens is 169 g/mol. The summed E-state index contributed by atoms with van der Waals surface area (Å²) in [5.41, 5.74) is -0.867. The van der Waals surface area contributed by atoms with Crippen molar-refractivity contribution in [2.45, 2.75) is 38.0 Å². The van der Waals surface area contributed by atoms with Crippen LogP contribution in [0.5, 0.6) is 0 Å². The van der Waals surface area contributed by atoms with Crippen molar-refractivity contribution in [2.24, 2.45) is 5.92 Å². The smallest absolute Gasteiger partial charge is 0.123 e. The fourth-order valence-corrected chi connectivity index (χ4v) is 2.09. The van der Waals surface area contributed by atoms with Gasteiger partial charge in [-0.25, -0.2) is 4.39 Å². The highest BCUT2D eigenvalue weighted by Crippen LogP contribution is 2.41. The second-order valence-corrected chi connectivity index (χ2v) is 4.68. The van der Waals surface area contributed by atoms with Gasteiger partial charge in [-0.1, -0.05) is 0 Å². The molecule has 2 rings (SSSR count). The SMILES string of the molecule is CC(O)C1CCN(CC2(F)CC2)C1. The van der Waals surface area contributed by atoms with Crippen LogP contribution in [0.4, 0.5) is 4.39 Å². The Bertz CT molecular complexity index is 191. The highest BCUT2D eigenvalue weighted by atomic mass is 19.1. The number of aliphatic hydroxyl groups is 1. The van der Waals surface area contributed by atoms with Gasteiger partial charge in [0.15, 0.2) is 0 Å². The first-order valence-corrected chi connectivity index (χ1v) is 5.18. The van der Waals surface area contributed by atoms with Crippen LogP contribution in [0.2, 0.25) is 0 Å². The minimum atomic E-state index is -0.867. The van der Waals surface area contributed by atoms with E-state index in [1.807, 2.05) is 6.92 Å². The quantitative estimate of drug-likeness (QED) is 0.717. The predicted octanol–water partition coefficient (Wildman–Crippen LogP) is 1.19. The van der Waals surface area contributed by atoms with Crippen LogP contribution in [0.3, 0.4) is 0 Å². The lowest BCUT2D eigenvalue weighted by Crippen LogP contribution is -2.30. The van der Waals surface area contributed by atoms with Gasteiger partial charge in [0.05, 0.1) is 6.10 Å². The Balaban J connectivity index is 1.78. The molecule has 2 fully saturated rings. The monoisotopic (exact) mass is 187 g/mol. The van der Waals surface area contributed by atoms with E-state index in [4.69, 9.17) is 0 Å². The molecule has 1 heterocycles. The summed E-state index contributed by atoms with van der Waals surface area (Å²) in [6.07, 6.45) is 2.26. The minimum Gasteiger partial charge on any atom is -0.393 e. The second-order valence-electron chi connectivity index (χ2n) is 4.68. The molecule has 0 aromatic rings. The molecule has 13 heavy (non-hydrogen) atoms. The fourth-order valence-electron chi connectivity index (χ4n) is 2.09. The van der Waals surface area contributed by atoms with Gasteiger partial charge < -0.3 is 5.11 Å². The Hall–Kier alpha value is -0.150. The Morgan fingerprint density at radius 1 is 1.62 bits per heavy atom. The van der Waals surface area contributed by atoms with Crippen molar-refractivity contribution in [3.8, 4) is 0 Å². The number of aliphatic hydroxyl groups excluding tert-OH is 1. The summed E-state index contributed by atoms with van der Waals surface area (Å²) in [4.78, 5) is 2.16. The number of rotatable bonds is 3. The van der Waals surface area contributed by atoms with E-state index in [1.165, 1.54) is 0 Å². The van der Waals surface area contributed by atoms with Gasteiger partial charge in [-0.3, -0.25) is 4.90 Å². The first-order chi connectivity index (χ1) is 6.09. The summed E-state index contributed by atoms with van der Waals surface area (Å²) >= 11 is 0. The van der Waals surface area contributed by atoms with E-state index < -0.39 is 5.67 Å². The maximum absolute atomic E-state index is 13.4. The number of hydrogen-bond donors (Lipinski definition) is 1. The van der Waals surface area contributed by atoms with Crippen LogP contribution in [0.15, 0.2) is 0 Å². The third-order valence-electron chi connectivity index (χ3n) is 3.29. The summed E-state index contributed by atoms with van der Waals surface area (Å²) in [5, 5.41) is 9.36. The molecule has 0 amide bonds. The molecule has 0 aromatic heterocycles. The van der Waals surface area contributed by atoms with Crippen molar-refractivity contribution < 1.29 is 9.50 Å². The van der Waals surface area contributed by atoms with Gasteiger partial charge in [0.1, 0.15) is 5.67 Å². The lowest BCUT2D eigenvalue weighted by atomic mass is 10.0. The largest absolute Gasteiger partial charge is 0.393 e. The molecule has 3 heteroatoms. The third-order valence-corrected chi connectivity index (χ3v) is 3.29. The summed E-state index contributed by atoms with van der Waals surface area (Å²) in [5.74, 6) is 0.363. The van der Waals surface area contributed by atoms with Crippen molar-refractivity contribution in [1.29, 1.82) is 0 Å². The Morgan fingerprint density at radius 2 is 2.31 bits per heavy atom. The summed E-state index contributed by atoms with van der Waals surface area (Å²) in [6.45, 7) is 4.26. The van der Waals surface area contributed by atoms with Gasteiger partial charge in [0.2, 0.25) is 0 Å². The topological polar surface area (TPSA) is 23.5 Å². The molecular formula is C10H18FNO. The van der Waals surface area contributed by atoms with Crippen LogP contribution < -0.4 is 0 Å². The zero-order valence-electron chi connectivity index (χ0n) is 8.17. The summed E-state index contributed by atoms with van der Waals surface area (Å²) in [6, 6.07) is 0. The molecule has 1 saturated heterocycles. The van der Waals surface area contributed by atoms with Crippen LogP contribution in [-0.4, -0.2) is 41.4 Å². The minimum absolute atomic E-state index is 0.236. The van der Waals surface area contributed by atoms with E-state index in [1.54, 1.807) is 0 Å². The lowest BCUT2D eigenvalue weighted by Gasteiger charge is -2.18. The number of halogens is 1. The standard InChI is InChI=1S/C10H18FNO/c1-8(13)9-2-5-12(6-9)7-10(11)3-4-10/h8-9,13H,2-7H2,1H3. The second kappa shape index (κ2) is 3.21. The molecule has 2 aliphatic rings. The van der Waals surface area contributed by atoms with E-state index in [0.29, 0.717) is 12.5 Å². The molecule has 0 spiro atoms. The van der Waals surface area contributed by atoms with Gasteiger partial charge >= 0.3 is 0 Å². The van der Waals surface area contributed by atoms with Crippen molar-refractivity contribution in [1.82, 2.24) is 4.90 Å². The average Bonchev–Trinajstić information content (AvgIpc) is 2.62. The maximum atomic E-state index is 13.4. The first-order valence-electron chi connectivity index (χ1n) is 5.18. The van der Waals surface area contributed by atoms with Crippen LogP contribution in [0, 0.1) is 5.92 Å². The van der Waals surface area contributed by atoms with E-state index in [0.717, 1.165) is 32.4 Å².